The van der Waals surface area contributed by atoms with Gasteiger partial charge < -0.3 is 10.4 Å². The summed E-state index contributed by atoms with van der Waals surface area (Å²) in [6.07, 6.45) is -9.14. The van der Waals surface area contributed by atoms with Gasteiger partial charge in [-0.1, -0.05) is 18.2 Å². The van der Waals surface area contributed by atoms with Gasteiger partial charge in [-0.2, -0.15) is 13.2 Å². The van der Waals surface area contributed by atoms with E-state index in [0.29, 0.717) is 0 Å². The van der Waals surface area contributed by atoms with E-state index in [9.17, 15) is 31.5 Å². The third kappa shape index (κ3) is 5.66. The molecule has 0 saturated carbocycles. The minimum Gasteiger partial charge on any atom is -0.480 e. The summed E-state index contributed by atoms with van der Waals surface area (Å²) >= 11 is 0. The third-order valence-electron chi connectivity index (χ3n) is 2.67. The van der Waals surface area contributed by atoms with Gasteiger partial charge in [0.1, 0.15) is 6.04 Å². The Kier molecular flexibility index (Phi) is 5.84. The third-order valence-corrected chi connectivity index (χ3v) is 2.67. The van der Waals surface area contributed by atoms with E-state index in [1.165, 1.54) is 6.07 Å². The molecule has 0 bridgehead atoms. The molecule has 0 aromatic heterocycles. The number of alkyl halides is 5. The number of carbonyl (C=O) groups excluding carboxylic acids is 1. The number of rotatable bonds is 6. The summed E-state index contributed by atoms with van der Waals surface area (Å²) in [6.45, 7) is 0. The molecule has 0 aliphatic carbocycles. The van der Waals surface area contributed by atoms with Gasteiger partial charge in [0.15, 0.2) is 0 Å². The Morgan fingerprint density at radius 1 is 1.23 bits per heavy atom. The molecule has 1 unspecified atom stereocenters. The maximum Gasteiger partial charge on any atom is 0.416 e. The molecule has 1 atom stereocenters. The van der Waals surface area contributed by atoms with Gasteiger partial charge in [-0.05, 0) is 11.6 Å². The smallest absolute Gasteiger partial charge is 0.416 e. The summed E-state index contributed by atoms with van der Waals surface area (Å²) in [5.74, 6) is -2.59. The maximum absolute atomic E-state index is 12.5. The number of aliphatic carboxylic acids is 1. The number of hydrogen-bond acceptors (Lipinski definition) is 2. The maximum atomic E-state index is 12.5. The van der Waals surface area contributed by atoms with Crippen LogP contribution >= 0.6 is 0 Å². The van der Waals surface area contributed by atoms with Crippen molar-refractivity contribution in [3.8, 4) is 0 Å². The molecule has 1 amide bonds. The first kappa shape index (κ1) is 17.9. The molecular weight excluding hydrogens is 313 g/mol. The fraction of sp³-hybridized carbons (Fsp3) is 0.385. The lowest BCUT2D eigenvalue weighted by atomic mass is 10.1. The number of benzene rings is 1. The van der Waals surface area contributed by atoms with Crippen LogP contribution in [-0.2, 0) is 22.2 Å². The summed E-state index contributed by atoms with van der Waals surface area (Å²) in [6, 6.07) is 2.11. The SMILES string of the molecule is O=C(Cc1cccc(C(F)(F)F)c1)NC(CC(F)F)C(=O)O. The van der Waals surface area contributed by atoms with E-state index in [2.05, 4.69) is 0 Å². The van der Waals surface area contributed by atoms with Gasteiger partial charge in [-0.15, -0.1) is 0 Å². The molecule has 4 nitrogen and oxygen atoms in total. The molecule has 0 aliphatic heterocycles. The van der Waals surface area contributed by atoms with Crippen LogP contribution in [0.1, 0.15) is 17.5 Å². The van der Waals surface area contributed by atoms with Crippen molar-refractivity contribution in [3.63, 3.8) is 0 Å². The molecule has 0 radical (unpaired) electrons. The Hall–Kier alpha value is -2.19. The minimum atomic E-state index is -4.58. The number of carboxylic acids is 1. The van der Waals surface area contributed by atoms with Crippen molar-refractivity contribution in [3.05, 3.63) is 35.4 Å². The molecule has 0 aliphatic rings. The Morgan fingerprint density at radius 2 is 1.86 bits per heavy atom. The topological polar surface area (TPSA) is 66.4 Å². The average Bonchev–Trinajstić information content (AvgIpc) is 2.36. The predicted molar refractivity (Wildman–Crippen MR) is 65.3 cm³/mol. The number of hydrogen-bond donors (Lipinski definition) is 2. The quantitative estimate of drug-likeness (QED) is 0.790. The van der Waals surface area contributed by atoms with E-state index in [0.717, 1.165) is 18.2 Å². The lowest BCUT2D eigenvalue weighted by molar-refractivity contribution is -0.142. The number of amides is 1. The molecule has 0 fully saturated rings. The fourth-order valence-corrected chi connectivity index (χ4v) is 1.69. The van der Waals surface area contributed by atoms with E-state index in [-0.39, 0.29) is 5.56 Å². The van der Waals surface area contributed by atoms with Gasteiger partial charge in [-0.25, -0.2) is 13.6 Å². The second kappa shape index (κ2) is 7.19. The van der Waals surface area contributed by atoms with Crippen LogP contribution in [0, 0.1) is 0 Å². The summed E-state index contributed by atoms with van der Waals surface area (Å²) < 4.78 is 61.8. The summed E-state index contributed by atoms with van der Waals surface area (Å²) in [5, 5.41) is 10.5. The van der Waals surface area contributed by atoms with E-state index in [4.69, 9.17) is 5.11 Å². The fourth-order valence-electron chi connectivity index (χ4n) is 1.69. The van der Waals surface area contributed by atoms with Crippen LogP contribution < -0.4 is 5.32 Å². The van der Waals surface area contributed by atoms with Crippen molar-refractivity contribution in [1.82, 2.24) is 5.32 Å². The number of halogens is 5. The average molecular weight is 325 g/mol. The predicted octanol–water partition coefficient (Wildman–Crippen LogP) is 2.47. The largest absolute Gasteiger partial charge is 0.480 e. The van der Waals surface area contributed by atoms with Crippen molar-refractivity contribution < 1.29 is 36.6 Å². The molecule has 22 heavy (non-hydrogen) atoms. The van der Waals surface area contributed by atoms with Gasteiger partial charge in [0.05, 0.1) is 12.0 Å². The zero-order valence-electron chi connectivity index (χ0n) is 11.0. The number of carboxylic acid groups (broad SMARTS) is 1. The highest BCUT2D eigenvalue weighted by Gasteiger charge is 2.30. The zero-order chi connectivity index (χ0) is 16.9. The second-order valence-corrected chi connectivity index (χ2v) is 4.46. The van der Waals surface area contributed by atoms with Crippen LogP contribution in [0.15, 0.2) is 24.3 Å². The van der Waals surface area contributed by atoms with Gasteiger partial charge >= 0.3 is 12.1 Å². The highest BCUT2D eigenvalue weighted by atomic mass is 19.4. The Bertz CT molecular complexity index is 545. The summed E-state index contributed by atoms with van der Waals surface area (Å²) in [5.41, 5.74) is -0.964. The van der Waals surface area contributed by atoms with Crippen molar-refractivity contribution in [2.24, 2.45) is 0 Å². The van der Waals surface area contributed by atoms with Crippen molar-refractivity contribution in [2.75, 3.05) is 0 Å². The molecule has 0 spiro atoms. The molecule has 9 heteroatoms. The molecule has 122 valence electrons. The lowest BCUT2D eigenvalue weighted by Crippen LogP contribution is -2.42. The van der Waals surface area contributed by atoms with Gasteiger partial charge in [0, 0.05) is 6.42 Å². The minimum absolute atomic E-state index is 0.00601. The number of carbonyl (C=O) groups is 2. The van der Waals surface area contributed by atoms with Crippen LogP contribution in [-0.4, -0.2) is 29.5 Å². The highest BCUT2D eigenvalue weighted by Crippen LogP contribution is 2.29. The molecule has 0 heterocycles. The monoisotopic (exact) mass is 325 g/mol. The van der Waals surface area contributed by atoms with Crippen LogP contribution in [0.25, 0.3) is 0 Å². The summed E-state index contributed by atoms with van der Waals surface area (Å²) in [7, 11) is 0. The lowest BCUT2D eigenvalue weighted by Gasteiger charge is -2.14. The highest BCUT2D eigenvalue weighted by molar-refractivity contribution is 5.84. The molecule has 2 N–H and O–H groups in total. The first-order valence-electron chi connectivity index (χ1n) is 6.06. The summed E-state index contributed by atoms with van der Waals surface area (Å²) in [4.78, 5) is 22.3. The van der Waals surface area contributed by atoms with Gasteiger partial charge in [0.25, 0.3) is 0 Å². The Labute approximate surface area is 121 Å². The normalized spacial score (nSPS) is 13.0. The van der Waals surface area contributed by atoms with E-state index >= 15 is 0 Å². The molecular formula is C13H12F5NO3. The van der Waals surface area contributed by atoms with Crippen molar-refractivity contribution in [1.29, 1.82) is 0 Å². The van der Waals surface area contributed by atoms with Crippen LogP contribution in [0.5, 0.6) is 0 Å². The first-order valence-corrected chi connectivity index (χ1v) is 6.06. The van der Waals surface area contributed by atoms with Gasteiger partial charge in [0.2, 0.25) is 12.3 Å². The van der Waals surface area contributed by atoms with Gasteiger partial charge in [-0.3, -0.25) is 4.79 Å². The van der Waals surface area contributed by atoms with E-state index in [1.807, 2.05) is 5.32 Å². The molecule has 0 saturated heterocycles. The molecule has 1 aromatic rings. The van der Waals surface area contributed by atoms with Crippen LogP contribution in [0.2, 0.25) is 0 Å². The van der Waals surface area contributed by atoms with E-state index in [1.54, 1.807) is 0 Å². The molecule has 1 rings (SSSR count). The molecule has 1 aromatic carbocycles. The van der Waals surface area contributed by atoms with Crippen molar-refractivity contribution in [2.45, 2.75) is 31.5 Å². The second-order valence-electron chi connectivity index (χ2n) is 4.46. The van der Waals surface area contributed by atoms with Crippen LogP contribution in [0.3, 0.4) is 0 Å². The van der Waals surface area contributed by atoms with Crippen molar-refractivity contribution >= 4 is 11.9 Å². The Morgan fingerprint density at radius 3 is 2.36 bits per heavy atom. The van der Waals surface area contributed by atoms with Crippen LogP contribution in [0.4, 0.5) is 22.0 Å². The number of nitrogens with one attached hydrogen (secondary N) is 1. The van der Waals surface area contributed by atoms with E-state index < -0.39 is 48.9 Å². The Balaban J connectivity index is 2.74. The standard InChI is InChI=1S/C13H12F5NO3/c14-10(15)6-9(12(21)22)19-11(20)5-7-2-1-3-8(4-7)13(16,17)18/h1-4,9-10H,5-6H2,(H,19,20)(H,21,22). The zero-order valence-corrected chi connectivity index (χ0v) is 11.0. The first-order chi connectivity index (χ1) is 10.1.